The Bertz CT molecular complexity index is 2310. The van der Waals surface area contributed by atoms with Gasteiger partial charge in [0.25, 0.3) is 0 Å². The summed E-state index contributed by atoms with van der Waals surface area (Å²) in [5.74, 6) is 4.94. The normalized spacial score (nSPS) is 26.1. The molecule has 7 rings (SSSR count). The summed E-state index contributed by atoms with van der Waals surface area (Å²) in [6.45, 7) is 5.10. The summed E-state index contributed by atoms with van der Waals surface area (Å²) in [7, 11) is 0. The van der Waals surface area contributed by atoms with Crippen molar-refractivity contribution in [3.05, 3.63) is 122 Å². The highest BCUT2D eigenvalue weighted by molar-refractivity contribution is 5.92. The molecule has 0 radical (unpaired) electrons. The average Bonchev–Trinajstić information content (AvgIpc) is 3.15. The van der Waals surface area contributed by atoms with Crippen LogP contribution in [0, 0.1) is 17.8 Å². The minimum absolute atomic E-state index is 0.00539. The number of nitrogens with two attached hydrogens (primary N) is 2. The SMILES string of the molecule is C/C=C(/C)C(=O)O[C@@H]1Cc2c3c(c4oc(CO)cc(=O)c4c2O)[C@@H](C2=CCNC(N)=C2)[C@@H](c2cccc(O)c2)C#CC[C@@H](CC2=CNC(N)C=C2)[C@]1(C)O3. The summed E-state index contributed by atoms with van der Waals surface area (Å²) in [6.07, 6.45) is 10.5. The topological polar surface area (TPSA) is 203 Å². The van der Waals surface area contributed by atoms with Crippen molar-refractivity contribution in [3.63, 3.8) is 0 Å². The van der Waals surface area contributed by atoms with Crippen molar-refractivity contribution in [2.45, 2.75) is 76.3 Å². The van der Waals surface area contributed by atoms with Gasteiger partial charge in [-0.05, 0) is 68.2 Å². The minimum atomic E-state index is -1.25. The van der Waals surface area contributed by atoms with Crippen LogP contribution in [0.15, 0.2) is 98.7 Å². The van der Waals surface area contributed by atoms with Gasteiger partial charge in [0.05, 0.1) is 17.9 Å². The third-order valence-electron chi connectivity index (χ3n) is 10.9. The number of fused-ring (bicyclic) bond motifs is 3. The van der Waals surface area contributed by atoms with Crippen LogP contribution in [0.25, 0.3) is 11.0 Å². The monoisotopic (exact) mass is 732 g/mol. The zero-order chi connectivity index (χ0) is 38.3. The number of phenolic OH excluding ortho intramolecular Hbond substituents is 2. The number of ether oxygens (including phenoxy) is 2. The van der Waals surface area contributed by atoms with Crippen LogP contribution in [0.1, 0.15) is 67.9 Å². The summed E-state index contributed by atoms with van der Waals surface area (Å²) in [5, 5.41) is 39.1. The molecule has 5 heterocycles. The molecule has 4 aliphatic heterocycles. The molecule has 0 aliphatic carbocycles. The average molecular weight is 733 g/mol. The van der Waals surface area contributed by atoms with Gasteiger partial charge in [-0.2, -0.15) is 0 Å². The number of esters is 1. The van der Waals surface area contributed by atoms with Gasteiger partial charge in [-0.25, -0.2) is 4.79 Å². The van der Waals surface area contributed by atoms with E-state index in [-0.39, 0.29) is 52.1 Å². The molecule has 54 heavy (non-hydrogen) atoms. The summed E-state index contributed by atoms with van der Waals surface area (Å²) in [4.78, 5) is 27.4. The predicted molar refractivity (Wildman–Crippen MR) is 203 cm³/mol. The van der Waals surface area contributed by atoms with Crippen LogP contribution < -0.4 is 32.3 Å². The molecule has 1 unspecified atom stereocenters. The van der Waals surface area contributed by atoms with E-state index in [1.807, 2.05) is 37.4 Å². The molecule has 6 atom stereocenters. The number of carbonyl (C=O) groups is 1. The smallest absolute Gasteiger partial charge is 0.333 e. The van der Waals surface area contributed by atoms with Crippen molar-refractivity contribution in [1.82, 2.24) is 10.6 Å². The van der Waals surface area contributed by atoms with Crippen LogP contribution in [0.5, 0.6) is 17.2 Å². The van der Waals surface area contributed by atoms with Crippen molar-refractivity contribution < 1.29 is 34.0 Å². The Morgan fingerprint density at radius 1 is 1.24 bits per heavy atom. The molecule has 0 amide bonds. The maximum atomic E-state index is 13.9. The second-order valence-corrected chi connectivity index (χ2v) is 14.3. The first-order valence-corrected chi connectivity index (χ1v) is 18.0. The van der Waals surface area contributed by atoms with Crippen molar-refractivity contribution in [2.75, 3.05) is 6.54 Å². The first-order chi connectivity index (χ1) is 25.9. The number of allylic oxidation sites excluding steroid dienone is 5. The highest BCUT2D eigenvalue weighted by Crippen LogP contribution is 2.55. The van der Waals surface area contributed by atoms with Gasteiger partial charge in [-0.3, -0.25) is 4.79 Å². The predicted octanol–water partition coefficient (Wildman–Crippen LogP) is 4.21. The number of carbonyl (C=O) groups excluding carboxylic acids is 1. The molecular formula is C42H44N4O8. The second-order valence-electron chi connectivity index (χ2n) is 14.3. The molecular weight excluding hydrogens is 688 g/mol. The fourth-order valence-electron chi connectivity index (χ4n) is 7.78. The molecule has 0 fully saturated rings. The molecule has 2 aromatic carbocycles. The van der Waals surface area contributed by atoms with Gasteiger partial charge >= 0.3 is 5.97 Å². The summed E-state index contributed by atoms with van der Waals surface area (Å²) in [5.41, 5.74) is 14.0. The van der Waals surface area contributed by atoms with E-state index in [4.69, 9.17) is 25.4 Å². The zero-order valence-electron chi connectivity index (χ0n) is 30.3. The van der Waals surface area contributed by atoms with Gasteiger partial charge in [-0.1, -0.05) is 36.3 Å². The molecule has 280 valence electrons. The van der Waals surface area contributed by atoms with E-state index in [2.05, 4.69) is 22.5 Å². The Hall–Kier alpha value is -5.90. The molecule has 1 aromatic heterocycles. The quantitative estimate of drug-likeness (QED) is 0.104. The highest BCUT2D eigenvalue weighted by atomic mass is 16.6. The molecule has 0 saturated carbocycles. The van der Waals surface area contributed by atoms with E-state index in [0.29, 0.717) is 41.9 Å². The molecule has 12 heteroatoms. The molecule has 0 spiro atoms. The van der Waals surface area contributed by atoms with Crippen molar-refractivity contribution in [2.24, 2.45) is 17.4 Å². The van der Waals surface area contributed by atoms with Gasteiger partial charge in [0.15, 0.2) is 5.43 Å². The lowest BCUT2D eigenvalue weighted by atomic mass is 9.70. The lowest BCUT2D eigenvalue weighted by Gasteiger charge is -2.48. The van der Waals surface area contributed by atoms with Gasteiger partial charge in [0.1, 0.15) is 52.3 Å². The fourth-order valence-corrected chi connectivity index (χ4v) is 7.78. The highest BCUT2D eigenvalue weighted by Gasteiger charge is 2.52. The van der Waals surface area contributed by atoms with E-state index in [0.717, 1.165) is 17.2 Å². The third kappa shape index (κ3) is 6.61. The number of aliphatic hydroxyl groups excluding tert-OH is 1. The summed E-state index contributed by atoms with van der Waals surface area (Å²) < 4.78 is 19.8. The van der Waals surface area contributed by atoms with Crippen LogP contribution >= 0.6 is 0 Å². The van der Waals surface area contributed by atoms with Gasteiger partial charge in [0, 0.05) is 60.2 Å². The van der Waals surface area contributed by atoms with E-state index < -0.39 is 47.5 Å². The lowest BCUT2D eigenvalue weighted by Crippen LogP contribution is -2.56. The van der Waals surface area contributed by atoms with Crippen LogP contribution in [0.3, 0.4) is 0 Å². The molecule has 0 saturated heterocycles. The first kappa shape index (κ1) is 36.5. The second kappa shape index (κ2) is 14.5. The number of rotatable bonds is 7. The molecule has 3 aromatic rings. The third-order valence-corrected chi connectivity index (χ3v) is 10.9. The Morgan fingerprint density at radius 3 is 2.76 bits per heavy atom. The van der Waals surface area contributed by atoms with E-state index in [1.54, 1.807) is 44.2 Å². The molecule has 2 bridgehead atoms. The maximum Gasteiger partial charge on any atom is 0.333 e. The summed E-state index contributed by atoms with van der Waals surface area (Å²) in [6, 6.07) is 7.97. The Kier molecular flexibility index (Phi) is 9.79. The number of hydrogen-bond acceptors (Lipinski definition) is 12. The van der Waals surface area contributed by atoms with Crippen LogP contribution in [-0.4, -0.2) is 45.7 Å². The van der Waals surface area contributed by atoms with Crippen LogP contribution in [0.2, 0.25) is 0 Å². The largest absolute Gasteiger partial charge is 0.508 e. The van der Waals surface area contributed by atoms with Crippen LogP contribution in [0.4, 0.5) is 0 Å². The van der Waals surface area contributed by atoms with Gasteiger partial charge in [0.2, 0.25) is 0 Å². The van der Waals surface area contributed by atoms with Gasteiger partial charge < -0.3 is 51.3 Å². The van der Waals surface area contributed by atoms with Crippen molar-refractivity contribution >= 4 is 16.9 Å². The van der Waals surface area contributed by atoms with Crippen molar-refractivity contribution in [1.29, 1.82) is 0 Å². The summed E-state index contributed by atoms with van der Waals surface area (Å²) >= 11 is 0. The number of nitrogens with one attached hydrogen (secondary N) is 2. The Balaban J connectivity index is 1.58. The van der Waals surface area contributed by atoms with Gasteiger partial charge in [-0.15, -0.1) is 5.92 Å². The molecule has 9 N–H and O–H groups in total. The standard InChI is InChI=1S/C42H44N4O8/c1-4-22(2)41(51)53-32-19-30-38(50)36-31(49)18-28(21-47)52-40(36)37-35(25-13-14-45-34(44)17-25)29(24-7-5-9-27(48)16-24)10-6-8-26(42(32,3)54-39(30)37)15-23-11-12-33(43)46-20-23/h4-5,7,9,11-13,16-18,20,26,29,32-33,35,45-48,50H,8,14-15,19,21,43-44H2,1-3H3/b22-4-/t26-,29+,32+,33?,35-,42-/m0/s1. The number of benzene rings is 2. The van der Waals surface area contributed by atoms with Crippen LogP contribution in [-0.2, 0) is 22.6 Å². The fraction of sp³-hybridized carbons (Fsp3) is 0.333. The number of hydrogen-bond donors (Lipinski definition) is 7. The first-order valence-electron chi connectivity index (χ1n) is 18.0. The number of dihydropyridines is 2. The number of aromatic hydroxyl groups is 2. The Labute approximate surface area is 312 Å². The van der Waals surface area contributed by atoms with E-state index >= 15 is 0 Å². The lowest BCUT2D eigenvalue weighted by molar-refractivity contribution is -0.164. The van der Waals surface area contributed by atoms with E-state index in [1.165, 1.54) is 0 Å². The number of aliphatic hydroxyl groups is 1. The van der Waals surface area contributed by atoms with E-state index in [9.17, 15) is 24.9 Å². The molecule has 4 aliphatic rings. The Morgan fingerprint density at radius 2 is 2.06 bits per heavy atom. The minimum Gasteiger partial charge on any atom is -0.508 e. The number of phenols is 2. The van der Waals surface area contributed by atoms with Crippen molar-refractivity contribution in [3.8, 4) is 29.1 Å². The molecule has 12 nitrogen and oxygen atoms in total. The maximum absolute atomic E-state index is 13.9. The zero-order valence-corrected chi connectivity index (χ0v) is 30.3.